The lowest BCUT2D eigenvalue weighted by molar-refractivity contribution is -0.383. The number of nitrogens with zero attached hydrogens (tertiary/aromatic N) is 1. The molecule has 1 fully saturated rings. The molecule has 3 rings (SSSR count). The third-order valence-electron chi connectivity index (χ3n) is 3.61. The van der Waals surface area contributed by atoms with Gasteiger partial charge in [-0.15, -0.1) is 11.3 Å². The molecule has 1 aliphatic rings. The van der Waals surface area contributed by atoms with Crippen LogP contribution in [-0.2, 0) is 9.53 Å². The molecule has 7 nitrogen and oxygen atoms in total. The van der Waals surface area contributed by atoms with Gasteiger partial charge in [-0.05, 0) is 41.8 Å². The van der Waals surface area contributed by atoms with E-state index in [-0.39, 0.29) is 11.4 Å². The van der Waals surface area contributed by atoms with E-state index in [0.717, 1.165) is 18.4 Å². The number of nitrogens with one attached hydrogen (secondary N) is 1. The van der Waals surface area contributed by atoms with Crippen molar-refractivity contribution in [2.24, 2.45) is 0 Å². The van der Waals surface area contributed by atoms with Crippen LogP contribution in [0.15, 0.2) is 35.7 Å². The summed E-state index contributed by atoms with van der Waals surface area (Å²) in [6.45, 7) is -0.493. The smallest absolute Gasteiger partial charge is 0.349 e. The maximum atomic E-state index is 12.1. The number of nitro benzene ring substituents is 1. The lowest BCUT2D eigenvalue weighted by atomic mass is 10.2. The Morgan fingerprint density at radius 1 is 1.29 bits per heavy atom. The Hall–Kier alpha value is -2.74. The summed E-state index contributed by atoms with van der Waals surface area (Å²) >= 11 is 1.29. The summed E-state index contributed by atoms with van der Waals surface area (Å²) in [6.07, 6.45) is 2.13. The summed E-state index contributed by atoms with van der Waals surface area (Å²) in [5.41, 5.74) is 0.828. The fourth-order valence-electron chi connectivity index (χ4n) is 2.32. The van der Waals surface area contributed by atoms with E-state index in [9.17, 15) is 19.7 Å². The van der Waals surface area contributed by atoms with Crippen LogP contribution >= 0.6 is 11.3 Å². The number of carbonyl (C=O) groups excluding carboxylic acids is 2. The third kappa shape index (κ3) is 3.60. The fraction of sp³-hybridized carbons (Fsp3) is 0.250. The van der Waals surface area contributed by atoms with E-state index in [1.807, 2.05) is 11.4 Å². The van der Waals surface area contributed by atoms with Gasteiger partial charge in [0.15, 0.2) is 6.61 Å². The number of esters is 1. The van der Waals surface area contributed by atoms with Crippen LogP contribution in [0.1, 0.15) is 34.0 Å². The van der Waals surface area contributed by atoms with Crippen LogP contribution in [0, 0.1) is 10.1 Å². The maximum Gasteiger partial charge on any atom is 0.349 e. The molecule has 24 heavy (non-hydrogen) atoms. The normalized spacial score (nSPS) is 13.3. The average molecular weight is 346 g/mol. The summed E-state index contributed by atoms with van der Waals surface area (Å²) in [7, 11) is 0. The van der Waals surface area contributed by atoms with E-state index in [1.54, 1.807) is 6.07 Å². The third-order valence-corrected chi connectivity index (χ3v) is 4.52. The maximum absolute atomic E-state index is 12.1. The van der Waals surface area contributed by atoms with E-state index in [1.165, 1.54) is 29.5 Å². The van der Waals surface area contributed by atoms with E-state index >= 15 is 0 Å². The number of para-hydroxylation sites is 2. The van der Waals surface area contributed by atoms with Crippen molar-refractivity contribution in [3.8, 4) is 0 Å². The Labute approximate surface area is 141 Å². The molecule has 124 valence electrons. The van der Waals surface area contributed by atoms with Gasteiger partial charge in [0.05, 0.1) is 4.92 Å². The number of ether oxygens (including phenoxy) is 1. The molecular weight excluding hydrogens is 332 g/mol. The molecule has 0 radical (unpaired) electrons. The highest BCUT2D eigenvalue weighted by Gasteiger charge is 2.29. The van der Waals surface area contributed by atoms with Crippen LogP contribution in [0.2, 0.25) is 0 Å². The second-order valence-corrected chi connectivity index (χ2v) is 6.29. The van der Waals surface area contributed by atoms with Crippen LogP contribution in [0.3, 0.4) is 0 Å². The lowest BCUT2D eigenvalue weighted by Gasteiger charge is -2.07. The number of rotatable bonds is 6. The van der Waals surface area contributed by atoms with Crippen LogP contribution in [0.25, 0.3) is 0 Å². The van der Waals surface area contributed by atoms with E-state index < -0.39 is 23.4 Å². The van der Waals surface area contributed by atoms with Crippen molar-refractivity contribution in [2.75, 3.05) is 11.9 Å². The molecule has 1 aliphatic carbocycles. The number of hydrogen-bond acceptors (Lipinski definition) is 6. The minimum atomic E-state index is -0.623. The quantitative estimate of drug-likeness (QED) is 0.491. The van der Waals surface area contributed by atoms with Gasteiger partial charge in [0.25, 0.3) is 11.6 Å². The number of carbonyl (C=O) groups is 2. The van der Waals surface area contributed by atoms with Crippen molar-refractivity contribution in [3.63, 3.8) is 0 Å². The van der Waals surface area contributed by atoms with E-state index in [4.69, 9.17) is 4.74 Å². The molecule has 1 N–H and O–H groups in total. The van der Waals surface area contributed by atoms with Crippen LogP contribution in [0.5, 0.6) is 0 Å². The highest BCUT2D eigenvalue weighted by atomic mass is 32.1. The molecule has 1 aromatic heterocycles. The van der Waals surface area contributed by atoms with Gasteiger partial charge >= 0.3 is 5.97 Å². The van der Waals surface area contributed by atoms with Gasteiger partial charge in [0.1, 0.15) is 10.6 Å². The molecule has 1 saturated carbocycles. The molecule has 0 unspecified atom stereocenters. The Kier molecular flexibility index (Phi) is 4.57. The first kappa shape index (κ1) is 16.1. The minimum absolute atomic E-state index is 0.0679. The summed E-state index contributed by atoms with van der Waals surface area (Å²) in [6, 6.07) is 7.69. The van der Waals surface area contributed by atoms with Gasteiger partial charge < -0.3 is 10.1 Å². The molecule has 0 saturated heterocycles. The Morgan fingerprint density at radius 2 is 2.04 bits per heavy atom. The lowest BCUT2D eigenvalue weighted by Crippen LogP contribution is -2.21. The van der Waals surface area contributed by atoms with Crippen LogP contribution in [0.4, 0.5) is 11.4 Å². The molecule has 1 amide bonds. The van der Waals surface area contributed by atoms with Crippen molar-refractivity contribution in [1.29, 1.82) is 0 Å². The van der Waals surface area contributed by atoms with E-state index in [2.05, 4.69) is 5.32 Å². The van der Waals surface area contributed by atoms with Gasteiger partial charge in [-0.3, -0.25) is 14.9 Å². The predicted octanol–water partition coefficient (Wildman–Crippen LogP) is 3.33. The zero-order valence-electron chi connectivity index (χ0n) is 12.6. The molecule has 0 spiro atoms. The van der Waals surface area contributed by atoms with Gasteiger partial charge in [-0.25, -0.2) is 4.79 Å². The minimum Gasteiger partial charge on any atom is -0.451 e. The summed E-state index contributed by atoms with van der Waals surface area (Å²) in [4.78, 5) is 34.8. The van der Waals surface area contributed by atoms with Gasteiger partial charge in [0, 0.05) is 6.07 Å². The first-order valence-corrected chi connectivity index (χ1v) is 8.22. The number of hydrogen-bond donors (Lipinski definition) is 1. The molecule has 8 heteroatoms. The zero-order valence-corrected chi connectivity index (χ0v) is 13.4. The first-order chi connectivity index (χ1) is 11.6. The first-order valence-electron chi connectivity index (χ1n) is 7.34. The standard InChI is InChI=1S/C16H14N2O5S/c19-14(17-12-3-1-2-4-13(12)18(21)22)9-23-16(20)15-11(7-8-24-15)10-5-6-10/h1-4,7-8,10H,5-6,9H2,(H,17,19). The summed E-state index contributed by atoms with van der Waals surface area (Å²) in [5, 5.41) is 15.1. The van der Waals surface area contributed by atoms with E-state index in [0.29, 0.717) is 10.8 Å². The molecule has 0 bridgehead atoms. The van der Waals surface area contributed by atoms with Crippen LogP contribution in [-0.4, -0.2) is 23.4 Å². The molecule has 0 atom stereocenters. The van der Waals surface area contributed by atoms with Crippen molar-refractivity contribution in [2.45, 2.75) is 18.8 Å². The average Bonchev–Trinajstić information content (AvgIpc) is 3.29. The summed E-state index contributed by atoms with van der Waals surface area (Å²) < 4.78 is 5.03. The van der Waals surface area contributed by atoms with Crippen molar-refractivity contribution in [3.05, 3.63) is 56.3 Å². The summed E-state index contributed by atoms with van der Waals surface area (Å²) in [5.74, 6) is -0.744. The predicted molar refractivity (Wildman–Crippen MR) is 88.3 cm³/mol. The van der Waals surface area contributed by atoms with Gasteiger partial charge in [0.2, 0.25) is 0 Å². The molecule has 0 aliphatic heterocycles. The highest BCUT2D eigenvalue weighted by Crippen LogP contribution is 2.43. The van der Waals surface area contributed by atoms with Crippen molar-refractivity contribution >= 4 is 34.6 Å². The topological polar surface area (TPSA) is 98.5 Å². The Morgan fingerprint density at radius 3 is 2.75 bits per heavy atom. The zero-order chi connectivity index (χ0) is 17.1. The molecule has 1 aromatic carbocycles. The second kappa shape index (κ2) is 6.79. The Balaban J connectivity index is 1.59. The highest BCUT2D eigenvalue weighted by molar-refractivity contribution is 7.12. The molecule has 2 aromatic rings. The number of nitro groups is 1. The second-order valence-electron chi connectivity index (χ2n) is 5.38. The monoisotopic (exact) mass is 346 g/mol. The SMILES string of the molecule is O=C(COC(=O)c1sccc1C1CC1)Nc1ccccc1[N+](=O)[O-]. The van der Waals surface area contributed by atoms with Crippen molar-refractivity contribution in [1.82, 2.24) is 0 Å². The molecule has 1 heterocycles. The number of amides is 1. The largest absolute Gasteiger partial charge is 0.451 e. The van der Waals surface area contributed by atoms with Crippen LogP contribution < -0.4 is 5.32 Å². The Bertz CT molecular complexity index is 797. The molecular formula is C16H14N2O5S. The van der Waals surface area contributed by atoms with Gasteiger partial charge in [-0.2, -0.15) is 0 Å². The number of thiophene rings is 1. The van der Waals surface area contributed by atoms with Gasteiger partial charge in [-0.1, -0.05) is 12.1 Å². The fourth-order valence-corrected chi connectivity index (χ4v) is 3.20. The number of anilines is 1. The number of benzene rings is 1. The van der Waals surface area contributed by atoms with Crippen molar-refractivity contribution < 1.29 is 19.2 Å².